The number of rotatable bonds is 6. The lowest BCUT2D eigenvalue weighted by molar-refractivity contribution is 0.0527. The molecule has 7 nitrogen and oxygen atoms in total. The van der Waals surface area contributed by atoms with E-state index in [0.29, 0.717) is 33.6 Å². The van der Waals surface area contributed by atoms with E-state index in [1.807, 2.05) is 24.3 Å². The quantitative estimate of drug-likeness (QED) is 0.637. The van der Waals surface area contributed by atoms with Crippen LogP contribution >= 0.6 is 0 Å². The molecule has 144 valence electrons. The fraction of sp³-hybridized carbons (Fsp3) is 0.190. The molecule has 1 heterocycles. The van der Waals surface area contributed by atoms with Gasteiger partial charge in [-0.15, -0.1) is 0 Å². The van der Waals surface area contributed by atoms with Gasteiger partial charge in [-0.2, -0.15) is 0 Å². The van der Waals surface area contributed by atoms with Gasteiger partial charge in [-0.3, -0.25) is 9.78 Å². The molecule has 0 spiro atoms. The third-order valence-corrected chi connectivity index (χ3v) is 4.22. The molecular weight excluding hydrogens is 358 g/mol. The van der Waals surface area contributed by atoms with Crippen molar-refractivity contribution < 1.29 is 19.1 Å². The second-order valence-corrected chi connectivity index (χ2v) is 5.90. The lowest BCUT2D eigenvalue weighted by atomic mass is 10.1. The van der Waals surface area contributed by atoms with E-state index in [0.717, 1.165) is 0 Å². The zero-order valence-corrected chi connectivity index (χ0v) is 15.9. The van der Waals surface area contributed by atoms with E-state index >= 15 is 0 Å². The summed E-state index contributed by atoms with van der Waals surface area (Å²) in [6, 6.07) is 12.5. The molecular formula is C21H21N3O4. The van der Waals surface area contributed by atoms with Crippen molar-refractivity contribution in [1.82, 2.24) is 10.3 Å². The highest BCUT2D eigenvalue weighted by atomic mass is 16.5. The van der Waals surface area contributed by atoms with Crippen LogP contribution in [-0.2, 0) is 4.74 Å². The predicted octanol–water partition coefficient (Wildman–Crippen LogP) is 3.52. The average molecular weight is 379 g/mol. The fourth-order valence-corrected chi connectivity index (χ4v) is 2.86. The number of hydrogen-bond acceptors (Lipinski definition) is 6. The van der Waals surface area contributed by atoms with Gasteiger partial charge in [-0.25, -0.2) is 4.79 Å². The highest BCUT2D eigenvalue weighted by molar-refractivity contribution is 6.08. The van der Waals surface area contributed by atoms with Crippen LogP contribution in [0.5, 0.6) is 5.75 Å². The predicted molar refractivity (Wildman–Crippen MR) is 107 cm³/mol. The van der Waals surface area contributed by atoms with Gasteiger partial charge in [0, 0.05) is 24.2 Å². The molecule has 0 fully saturated rings. The first-order chi connectivity index (χ1) is 13.6. The molecule has 0 aliphatic carbocycles. The maximum absolute atomic E-state index is 12.5. The minimum Gasteiger partial charge on any atom is -0.495 e. The topological polar surface area (TPSA) is 89.5 Å². The Morgan fingerprint density at radius 2 is 1.93 bits per heavy atom. The van der Waals surface area contributed by atoms with E-state index < -0.39 is 5.97 Å². The number of nitrogens with one attached hydrogen (secondary N) is 2. The molecule has 0 saturated heterocycles. The van der Waals surface area contributed by atoms with Crippen molar-refractivity contribution in [2.45, 2.75) is 6.92 Å². The lowest BCUT2D eigenvalue weighted by Gasteiger charge is -2.16. The van der Waals surface area contributed by atoms with E-state index in [2.05, 4.69) is 15.6 Å². The van der Waals surface area contributed by atoms with Crippen molar-refractivity contribution in [3.63, 3.8) is 0 Å². The number of esters is 1. The van der Waals surface area contributed by atoms with Crippen LogP contribution in [0.4, 0.5) is 11.4 Å². The Morgan fingerprint density at radius 1 is 1.14 bits per heavy atom. The molecule has 1 aromatic heterocycles. The van der Waals surface area contributed by atoms with Gasteiger partial charge in [0.1, 0.15) is 11.3 Å². The van der Waals surface area contributed by atoms with Gasteiger partial charge in [0.2, 0.25) is 0 Å². The van der Waals surface area contributed by atoms with Crippen molar-refractivity contribution in [2.24, 2.45) is 0 Å². The fourth-order valence-electron chi connectivity index (χ4n) is 2.86. The smallest absolute Gasteiger partial charge is 0.341 e. The van der Waals surface area contributed by atoms with Crippen LogP contribution in [0.15, 0.2) is 48.7 Å². The summed E-state index contributed by atoms with van der Waals surface area (Å²) in [4.78, 5) is 29.0. The Labute approximate surface area is 162 Å². The molecule has 1 amide bonds. The van der Waals surface area contributed by atoms with Crippen molar-refractivity contribution >= 4 is 34.2 Å². The SMILES string of the molecule is CCOC(=O)c1cnc2ccc(C(=O)NC)cc2c1Nc1ccccc1OC. The number of para-hydroxylation sites is 2. The second-order valence-electron chi connectivity index (χ2n) is 5.90. The molecule has 0 aliphatic heterocycles. The molecule has 0 bridgehead atoms. The summed E-state index contributed by atoms with van der Waals surface area (Å²) in [7, 11) is 3.13. The third kappa shape index (κ3) is 3.73. The number of carbonyl (C=O) groups excluding carboxylic acids is 2. The standard InChI is InChI=1S/C21H21N3O4/c1-4-28-21(26)15-12-23-16-10-9-13(20(25)22-2)11-14(16)19(15)24-17-7-5-6-8-18(17)27-3/h5-12H,4H2,1-3H3,(H,22,25)(H,23,24). The molecule has 0 atom stereocenters. The maximum atomic E-state index is 12.5. The Bertz CT molecular complexity index is 1030. The number of methoxy groups -OCH3 is 1. The van der Waals surface area contributed by atoms with Gasteiger partial charge in [0.05, 0.1) is 30.6 Å². The minimum atomic E-state index is -0.500. The van der Waals surface area contributed by atoms with Crippen LogP contribution in [0.3, 0.4) is 0 Å². The monoisotopic (exact) mass is 379 g/mol. The number of anilines is 2. The normalized spacial score (nSPS) is 10.4. The number of amides is 1. The minimum absolute atomic E-state index is 0.230. The Hall–Kier alpha value is -3.61. The number of aromatic nitrogens is 1. The number of fused-ring (bicyclic) bond motifs is 1. The summed E-state index contributed by atoms with van der Waals surface area (Å²) in [5.41, 5.74) is 2.54. The third-order valence-electron chi connectivity index (χ3n) is 4.22. The number of benzene rings is 2. The molecule has 0 radical (unpaired) electrons. The first-order valence-electron chi connectivity index (χ1n) is 8.81. The summed E-state index contributed by atoms with van der Waals surface area (Å²) >= 11 is 0. The Balaban J connectivity index is 2.22. The first kappa shape index (κ1) is 19.2. The molecule has 0 saturated carbocycles. The lowest BCUT2D eigenvalue weighted by Crippen LogP contribution is -2.17. The molecule has 3 aromatic rings. The van der Waals surface area contributed by atoms with E-state index in [-0.39, 0.29) is 18.1 Å². The van der Waals surface area contributed by atoms with Gasteiger partial charge >= 0.3 is 5.97 Å². The number of hydrogen-bond donors (Lipinski definition) is 2. The summed E-state index contributed by atoms with van der Waals surface area (Å²) in [5, 5.41) is 6.48. The second kappa shape index (κ2) is 8.39. The van der Waals surface area contributed by atoms with Gasteiger partial charge in [-0.1, -0.05) is 12.1 Å². The first-order valence-corrected chi connectivity index (χ1v) is 8.81. The van der Waals surface area contributed by atoms with Gasteiger partial charge < -0.3 is 20.1 Å². The molecule has 28 heavy (non-hydrogen) atoms. The molecule has 2 N–H and O–H groups in total. The molecule has 2 aromatic carbocycles. The Morgan fingerprint density at radius 3 is 2.64 bits per heavy atom. The number of pyridine rings is 1. The summed E-state index contributed by atoms with van der Waals surface area (Å²) < 4.78 is 10.6. The van der Waals surface area contributed by atoms with E-state index in [4.69, 9.17) is 9.47 Å². The molecule has 0 aliphatic rings. The van der Waals surface area contributed by atoms with E-state index in [1.165, 1.54) is 6.20 Å². The van der Waals surface area contributed by atoms with Crippen LogP contribution in [0.25, 0.3) is 10.9 Å². The Kier molecular flexibility index (Phi) is 5.74. The van der Waals surface area contributed by atoms with Crippen LogP contribution in [0, 0.1) is 0 Å². The zero-order valence-electron chi connectivity index (χ0n) is 15.9. The number of nitrogens with zero attached hydrogens (tertiary/aromatic N) is 1. The maximum Gasteiger partial charge on any atom is 0.341 e. The van der Waals surface area contributed by atoms with Crippen LogP contribution in [-0.4, -0.2) is 37.6 Å². The number of carbonyl (C=O) groups is 2. The highest BCUT2D eigenvalue weighted by Gasteiger charge is 2.19. The van der Waals surface area contributed by atoms with Crippen molar-refractivity contribution in [3.05, 3.63) is 59.8 Å². The summed E-state index contributed by atoms with van der Waals surface area (Å²) in [6.07, 6.45) is 1.47. The molecule has 0 unspecified atom stereocenters. The van der Waals surface area contributed by atoms with Crippen molar-refractivity contribution in [1.29, 1.82) is 0 Å². The van der Waals surface area contributed by atoms with E-state index in [9.17, 15) is 9.59 Å². The van der Waals surface area contributed by atoms with E-state index in [1.54, 1.807) is 39.3 Å². The zero-order chi connectivity index (χ0) is 20.1. The largest absolute Gasteiger partial charge is 0.495 e. The number of ether oxygens (including phenoxy) is 2. The van der Waals surface area contributed by atoms with Gasteiger partial charge in [0.25, 0.3) is 5.91 Å². The van der Waals surface area contributed by atoms with Crippen LogP contribution in [0.2, 0.25) is 0 Å². The molecule has 3 rings (SSSR count). The van der Waals surface area contributed by atoms with Crippen LogP contribution in [0.1, 0.15) is 27.6 Å². The highest BCUT2D eigenvalue weighted by Crippen LogP contribution is 2.34. The summed E-state index contributed by atoms with van der Waals surface area (Å²) in [5.74, 6) is -0.115. The van der Waals surface area contributed by atoms with Crippen molar-refractivity contribution in [3.8, 4) is 5.75 Å². The molecule has 7 heteroatoms. The van der Waals surface area contributed by atoms with Gasteiger partial charge in [0.15, 0.2) is 0 Å². The van der Waals surface area contributed by atoms with Gasteiger partial charge in [-0.05, 0) is 37.3 Å². The van der Waals surface area contributed by atoms with Crippen LogP contribution < -0.4 is 15.4 Å². The summed E-state index contributed by atoms with van der Waals surface area (Å²) in [6.45, 7) is 1.98. The van der Waals surface area contributed by atoms with Crippen molar-refractivity contribution in [2.75, 3.05) is 26.1 Å². The average Bonchev–Trinajstić information content (AvgIpc) is 2.73.